The molecule has 1 aliphatic rings. The van der Waals surface area contributed by atoms with Gasteiger partial charge in [0.2, 0.25) is 5.91 Å². The summed E-state index contributed by atoms with van der Waals surface area (Å²) in [5.74, 6) is -1.31. The van der Waals surface area contributed by atoms with Crippen LogP contribution in [0, 0.1) is 0 Å². The lowest BCUT2D eigenvalue weighted by Crippen LogP contribution is -2.37. The van der Waals surface area contributed by atoms with Crippen LogP contribution in [0.3, 0.4) is 0 Å². The van der Waals surface area contributed by atoms with Crippen LogP contribution in [-0.2, 0) is 14.6 Å². The predicted molar refractivity (Wildman–Crippen MR) is 53.2 cm³/mol. The Morgan fingerprint density at radius 1 is 1.21 bits per heavy atom. The van der Waals surface area contributed by atoms with Crippen molar-refractivity contribution in [1.82, 2.24) is 0 Å². The van der Waals surface area contributed by atoms with E-state index < -0.39 is 26.7 Å². The Labute approximate surface area is 83.8 Å². The van der Waals surface area contributed by atoms with Gasteiger partial charge in [0, 0.05) is 6.04 Å². The summed E-state index contributed by atoms with van der Waals surface area (Å²) in [5.41, 5.74) is 10.5. The van der Waals surface area contributed by atoms with Crippen molar-refractivity contribution in [3.05, 3.63) is 0 Å². The van der Waals surface area contributed by atoms with Gasteiger partial charge in [0.25, 0.3) is 0 Å². The molecular weight excluding hydrogens is 204 g/mol. The van der Waals surface area contributed by atoms with Crippen LogP contribution >= 0.6 is 0 Å². The third-order valence-electron chi connectivity index (χ3n) is 2.57. The van der Waals surface area contributed by atoms with E-state index in [0.717, 1.165) is 0 Å². The second-order valence-corrected chi connectivity index (χ2v) is 6.09. The average molecular weight is 220 g/mol. The van der Waals surface area contributed by atoms with Gasteiger partial charge in [0.15, 0.2) is 9.84 Å². The van der Waals surface area contributed by atoms with E-state index in [2.05, 4.69) is 0 Å². The highest BCUT2D eigenvalue weighted by Crippen LogP contribution is 2.23. The van der Waals surface area contributed by atoms with Gasteiger partial charge in [0.1, 0.15) is 5.75 Å². The molecule has 0 bridgehead atoms. The molecule has 0 aromatic carbocycles. The Hall–Kier alpha value is -0.620. The minimum atomic E-state index is -3.34. The van der Waals surface area contributed by atoms with Gasteiger partial charge in [-0.05, 0) is 25.7 Å². The molecule has 0 radical (unpaired) electrons. The highest BCUT2D eigenvalue weighted by Gasteiger charge is 2.30. The van der Waals surface area contributed by atoms with E-state index in [-0.39, 0.29) is 6.04 Å². The van der Waals surface area contributed by atoms with Crippen molar-refractivity contribution in [2.24, 2.45) is 11.5 Å². The van der Waals surface area contributed by atoms with E-state index in [9.17, 15) is 13.2 Å². The minimum Gasteiger partial charge on any atom is -0.369 e. The Morgan fingerprint density at radius 3 is 2.14 bits per heavy atom. The van der Waals surface area contributed by atoms with E-state index in [4.69, 9.17) is 11.5 Å². The number of hydrogen-bond donors (Lipinski definition) is 2. The van der Waals surface area contributed by atoms with Crippen LogP contribution in [0.2, 0.25) is 0 Å². The second-order valence-electron chi connectivity index (χ2n) is 3.81. The zero-order valence-electron chi connectivity index (χ0n) is 7.98. The summed E-state index contributed by atoms with van der Waals surface area (Å²) in [5, 5.41) is -0.421. The first-order valence-corrected chi connectivity index (χ1v) is 6.39. The quantitative estimate of drug-likeness (QED) is 0.647. The Bertz CT molecular complexity index is 305. The molecule has 0 aromatic heterocycles. The standard InChI is InChI=1S/C8H16N2O3S/c9-6-1-3-7(4-2-6)14(12,13)5-8(10)11/h6-7H,1-5,9H2,(H2,10,11). The lowest BCUT2D eigenvalue weighted by atomic mass is 9.96. The minimum absolute atomic E-state index is 0.107. The van der Waals surface area contributed by atoms with Gasteiger partial charge in [0.05, 0.1) is 5.25 Å². The molecule has 0 unspecified atom stereocenters. The maximum absolute atomic E-state index is 11.6. The molecule has 0 aliphatic heterocycles. The maximum Gasteiger partial charge on any atom is 0.232 e. The van der Waals surface area contributed by atoms with Crippen LogP contribution in [0.15, 0.2) is 0 Å². The van der Waals surface area contributed by atoms with Crippen LogP contribution < -0.4 is 11.5 Å². The first kappa shape index (κ1) is 11.5. The molecular formula is C8H16N2O3S. The number of carbonyl (C=O) groups is 1. The third-order valence-corrected chi connectivity index (χ3v) is 4.74. The Morgan fingerprint density at radius 2 is 1.71 bits per heavy atom. The summed E-state index contributed by atoms with van der Waals surface area (Å²) in [6, 6.07) is 0.107. The zero-order chi connectivity index (χ0) is 10.8. The van der Waals surface area contributed by atoms with Crippen LogP contribution in [0.25, 0.3) is 0 Å². The molecule has 1 rings (SSSR count). The van der Waals surface area contributed by atoms with E-state index >= 15 is 0 Å². The van der Waals surface area contributed by atoms with Crippen molar-refractivity contribution in [3.63, 3.8) is 0 Å². The molecule has 82 valence electrons. The van der Waals surface area contributed by atoms with E-state index in [1.165, 1.54) is 0 Å². The molecule has 1 fully saturated rings. The fraction of sp³-hybridized carbons (Fsp3) is 0.875. The van der Waals surface area contributed by atoms with Gasteiger partial charge >= 0.3 is 0 Å². The van der Waals surface area contributed by atoms with Crippen LogP contribution in [0.1, 0.15) is 25.7 Å². The highest BCUT2D eigenvalue weighted by atomic mass is 32.2. The predicted octanol–water partition coefficient (Wildman–Crippen LogP) is -0.844. The number of rotatable bonds is 3. The smallest absolute Gasteiger partial charge is 0.232 e. The van der Waals surface area contributed by atoms with Gasteiger partial charge in [-0.1, -0.05) is 0 Å². The number of hydrogen-bond acceptors (Lipinski definition) is 4. The summed E-state index contributed by atoms with van der Waals surface area (Å²) < 4.78 is 23.1. The molecule has 0 atom stereocenters. The number of nitrogens with two attached hydrogens (primary N) is 2. The van der Waals surface area contributed by atoms with Gasteiger partial charge < -0.3 is 11.5 Å². The molecule has 0 saturated heterocycles. The zero-order valence-corrected chi connectivity index (χ0v) is 8.79. The molecule has 4 N–H and O–H groups in total. The van der Waals surface area contributed by atoms with Crippen molar-refractivity contribution >= 4 is 15.7 Å². The fourth-order valence-electron chi connectivity index (χ4n) is 1.76. The van der Waals surface area contributed by atoms with Crippen molar-refractivity contribution in [2.75, 3.05) is 5.75 Å². The third kappa shape index (κ3) is 2.95. The number of primary amides is 1. The van der Waals surface area contributed by atoms with Gasteiger partial charge in [-0.2, -0.15) is 0 Å². The molecule has 14 heavy (non-hydrogen) atoms. The van der Waals surface area contributed by atoms with E-state index in [1.54, 1.807) is 0 Å². The maximum atomic E-state index is 11.6. The molecule has 1 saturated carbocycles. The van der Waals surface area contributed by atoms with Crippen LogP contribution in [-0.4, -0.2) is 31.4 Å². The summed E-state index contributed by atoms with van der Waals surface area (Å²) >= 11 is 0. The van der Waals surface area contributed by atoms with Crippen LogP contribution in [0.4, 0.5) is 0 Å². The lowest BCUT2D eigenvalue weighted by Gasteiger charge is -2.25. The van der Waals surface area contributed by atoms with Crippen molar-refractivity contribution < 1.29 is 13.2 Å². The highest BCUT2D eigenvalue weighted by molar-refractivity contribution is 7.92. The number of sulfone groups is 1. The van der Waals surface area contributed by atoms with E-state index in [1.807, 2.05) is 0 Å². The largest absolute Gasteiger partial charge is 0.369 e. The molecule has 5 nitrogen and oxygen atoms in total. The summed E-state index contributed by atoms with van der Waals surface area (Å²) in [6.07, 6.45) is 2.53. The second kappa shape index (κ2) is 4.27. The summed E-state index contributed by atoms with van der Waals surface area (Å²) in [4.78, 5) is 10.5. The molecule has 0 spiro atoms. The van der Waals surface area contributed by atoms with Gasteiger partial charge in [-0.15, -0.1) is 0 Å². The topological polar surface area (TPSA) is 103 Å². The molecule has 0 heterocycles. The summed E-state index contributed by atoms with van der Waals surface area (Å²) in [6.45, 7) is 0. The molecule has 1 aliphatic carbocycles. The van der Waals surface area contributed by atoms with Gasteiger partial charge in [-0.3, -0.25) is 4.79 Å². The number of carbonyl (C=O) groups excluding carboxylic acids is 1. The first-order valence-electron chi connectivity index (χ1n) is 4.67. The van der Waals surface area contributed by atoms with Crippen LogP contribution in [0.5, 0.6) is 0 Å². The number of amides is 1. The van der Waals surface area contributed by atoms with Crippen molar-refractivity contribution in [1.29, 1.82) is 0 Å². The Kier molecular flexibility index (Phi) is 3.49. The van der Waals surface area contributed by atoms with Gasteiger partial charge in [-0.25, -0.2) is 8.42 Å². The Balaban J connectivity index is 2.60. The summed E-state index contributed by atoms with van der Waals surface area (Å²) in [7, 11) is -3.34. The fourth-order valence-corrected chi connectivity index (χ4v) is 3.39. The molecule has 1 amide bonds. The normalized spacial score (nSPS) is 28.6. The first-order chi connectivity index (χ1) is 6.42. The van der Waals surface area contributed by atoms with Crippen molar-refractivity contribution in [2.45, 2.75) is 37.0 Å². The lowest BCUT2D eigenvalue weighted by molar-refractivity contribution is -0.115. The SMILES string of the molecule is NC(=O)CS(=O)(=O)C1CCC(N)CC1. The molecule has 6 heteroatoms. The molecule has 0 aromatic rings. The average Bonchev–Trinajstić information content (AvgIpc) is 2.02. The monoisotopic (exact) mass is 220 g/mol. The van der Waals surface area contributed by atoms with Crippen molar-refractivity contribution in [3.8, 4) is 0 Å². The van der Waals surface area contributed by atoms with E-state index in [0.29, 0.717) is 25.7 Å².